The molecule has 3 aliphatic heterocycles. The molecule has 1 saturated heterocycles. The topological polar surface area (TPSA) is 96.0 Å². The number of piperazine rings is 1. The number of ether oxygens (including phenoxy) is 2. The van der Waals surface area contributed by atoms with E-state index in [4.69, 9.17) is 9.47 Å². The van der Waals surface area contributed by atoms with E-state index in [2.05, 4.69) is 27.4 Å². The predicted molar refractivity (Wildman–Crippen MR) is 155 cm³/mol. The highest BCUT2D eigenvalue weighted by molar-refractivity contribution is 5.95. The second kappa shape index (κ2) is 11.1. The van der Waals surface area contributed by atoms with Crippen LogP contribution in [0.5, 0.6) is 17.2 Å². The predicted octanol–water partition coefficient (Wildman–Crippen LogP) is 4.57. The largest absolute Gasteiger partial charge is 0.487 e. The van der Waals surface area contributed by atoms with Crippen molar-refractivity contribution >= 4 is 17.6 Å². The van der Waals surface area contributed by atoms with Gasteiger partial charge in [-0.2, -0.15) is 13.2 Å². The average Bonchev–Trinajstić information content (AvgIpc) is 3.53. The molecule has 2 N–H and O–H groups in total. The molecule has 0 bridgehead atoms. The number of hydrogen-bond acceptors (Lipinski definition) is 7. The number of benzene rings is 2. The lowest BCUT2D eigenvalue weighted by atomic mass is 10.0. The van der Waals surface area contributed by atoms with Crippen LogP contribution >= 0.6 is 0 Å². The number of anilines is 1. The van der Waals surface area contributed by atoms with Gasteiger partial charge in [0, 0.05) is 62.0 Å². The normalized spacial score (nSPS) is 22.7. The van der Waals surface area contributed by atoms with Gasteiger partial charge in [0.2, 0.25) is 5.91 Å². The van der Waals surface area contributed by atoms with Gasteiger partial charge in [-0.25, -0.2) is 4.98 Å². The van der Waals surface area contributed by atoms with Crippen LogP contribution in [0, 0.1) is 0 Å². The number of aromatic nitrogens is 1. The van der Waals surface area contributed by atoms with E-state index in [1.165, 1.54) is 12.1 Å². The minimum atomic E-state index is -4.58. The Labute approximate surface area is 252 Å². The molecule has 4 aliphatic rings. The first-order valence-electron chi connectivity index (χ1n) is 14.9. The van der Waals surface area contributed by atoms with Crippen LogP contribution < -0.4 is 20.1 Å². The van der Waals surface area contributed by atoms with Crippen LogP contribution in [0.3, 0.4) is 0 Å². The summed E-state index contributed by atoms with van der Waals surface area (Å²) in [5, 5.41) is 5.64. The van der Waals surface area contributed by atoms with Gasteiger partial charge in [-0.3, -0.25) is 14.5 Å². The van der Waals surface area contributed by atoms with Crippen molar-refractivity contribution in [2.45, 2.75) is 50.6 Å². The van der Waals surface area contributed by atoms with Gasteiger partial charge < -0.3 is 25.0 Å². The van der Waals surface area contributed by atoms with E-state index in [1.54, 1.807) is 18.3 Å². The number of hydrogen-bond donors (Lipinski definition) is 2. The number of likely N-dealkylation sites (N-methyl/N-ethyl adjacent to an activating group) is 1. The molecular weight excluding hydrogens is 575 g/mol. The zero-order valence-corrected chi connectivity index (χ0v) is 24.1. The summed E-state index contributed by atoms with van der Waals surface area (Å²) in [6.07, 6.45) is -2.43. The number of alkyl halides is 3. The summed E-state index contributed by atoms with van der Waals surface area (Å²) in [5.74, 6) is 1.55. The van der Waals surface area contributed by atoms with E-state index < -0.39 is 17.6 Å². The second-order valence-corrected chi connectivity index (χ2v) is 11.7. The monoisotopic (exact) mass is 607 g/mol. The van der Waals surface area contributed by atoms with Gasteiger partial charge in [-0.05, 0) is 54.9 Å². The summed E-state index contributed by atoms with van der Waals surface area (Å²) in [6.45, 7) is 6.25. The van der Waals surface area contributed by atoms with E-state index in [9.17, 15) is 22.8 Å². The lowest BCUT2D eigenvalue weighted by Crippen LogP contribution is -2.45. The molecule has 44 heavy (non-hydrogen) atoms. The van der Waals surface area contributed by atoms with E-state index in [-0.39, 0.29) is 41.6 Å². The van der Waals surface area contributed by atoms with Crippen LogP contribution in [0.2, 0.25) is 0 Å². The van der Waals surface area contributed by atoms with E-state index in [0.29, 0.717) is 49.0 Å². The maximum Gasteiger partial charge on any atom is 0.416 e. The van der Waals surface area contributed by atoms with Crippen LogP contribution in [0.25, 0.3) is 0 Å². The molecule has 7 rings (SSSR count). The van der Waals surface area contributed by atoms with Crippen molar-refractivity contribution in [3.8, 4) is 17.2 Å². The molecule has 2 fully saturated rings. The third kappa shape index (κ3) is 5.48. The summed E-state index contributed by atoms with van der Waals surface area (Å²) in [5.41, 5.74) is 1.05. The van der Waals surface area contributed by atoms with Gasteiger partial charge in [-0.1, -0.05) is 13.0 Å². The van der Waals surface area contributed by atoms with Crippen molar-refractivity contribution in [2.75, 3.05) is 38.0 Å². The highest BCUT2D eigenvalue weighted by Gasteiger charge is 2.59. The highest BCUT2D eigenvalue weighted by atomic mass is 19.4. The Morgan fingerprint density at radius 3 is 2.66 bits per heavy atom. The number of carbonyl (C=O) groups is 2. The van der Waals surface area contributed by atoms with E-state index >= 15 is 0 Å². The van der Waals surface area contributed by atoms with Gasteiger partial charge in [0.15, 0.2) is 0 Å². The van der Waals surface area contributed by atoms with Gasteiger partial charge in [0.05, 0.1) is 17.5 Å². The smallest absolute Gasteiger partial charge is 0.416 e. The molecule has 4 heterocycles. The Bertz CT molecular complexity index is 1620. The first-order chi connectivity index (χ1) is 21.2. The van der Waals surface area contributed by atoms with Crippen LogP contribution in [-0.4, -0.2) is 71.5 Å². The van der Waals surface area contributed by atoms with Gasteiger partial charge in [0.1, 0.15) is 29.2 Å². The van der Waals surface area contributed by atoms with Crippen LogP contribution in [0.4, 0.5) is 19.0 Å². The molecule has 2 amide bonds. The number of fused-ring (bicyclic) bond motifs is 4. The summed E-state index contributed by atoms with van der Waals surface area (Å²) in [7, 11) is 0. The molecule has 12 heteroatoms. The zero-order chi connectivity index (χ0) is 30.6. The van der Waals surface area contributed by atoms with Gasteiger partial charge in [0.25, 0.3) is 5.91 Å². The van der Waals surface area contributed by atoms with Crippen LogP contribution in [-0.2, 0) is 23.9 Å². The molecule has 1 saturated carbocycles. The third-order valence-corrected chi connectivity index (χ3v) is 8.94. The second-order valence-electron chi connectivity index (χ2n) is 11.7. The number of carbonyl (C=O) groups excluding carboxylic acids is 2. The Kier molecular flexibility index (Phi) is 7.20. The molecule has 230 valence electrons. The van der Waals surface area contributed by atoms with Crippen LogP contribution in [0.1, 0.15) is 51.9 Å². The Morgan fingerprint density at radius 2 is 1.89 bits per heavy atom. The Balaban J connectivity index is 1.03. The minimum Gasteiger partial charge on any atom is -0.487 e. The zero-order valence-electron chi connectivity index (χ0n) is 24.1. The summed E-state index contributed by atoms with van der Waals surface area (Å²) in [6, 6.07) is 10.7. The van der Waals surface area contributed by atoms with Gasteiger partial charge in [-0.15, -0.1) is 0 Å². The summed E-state index contributed by atoms with van der Waals surface area (Å²) in [4.78, 5) is 33.4. The number of pyridine rings is 1. The number of amides is 2. The molecule has 0 spiro atoms. The summed E-state index contributed by atoms with van der Waals surface area (Å²) < 4.78 is 54.4. The van der Waals surface area contributed by atoms with E-state index in [1.807, 2.05) is 17.0 Å². The maximum atomic E-state index is 14.1. The molecule has 1 aliphatic carbocycles. The summed E-state index contributed by atoms with van der Waals surface area (Å²) >= 11 is 0. The average molecular weight is 608 g/mol. The molecule has 1 aromatic heterocycles. The van der Waals surface area contributed by atoms with Crippen LogP contribution in [0.15, 0.2) is 48.7 Å². The fourth-order valence-electron chi connectivity index (χ4n) is 6.41. The standard InChI is InChI=1S/C32H32F3N5O4/c1-2-39-11-13-40(14-12-39)17-19-4-3-18(15-23(19)32(33,34)35)31(42)38-28-27-22-16-20(5-7-24(22)44-29(27)28)43-25-9-10-36-30-21(25)6-8-26(41)37-30/h3-5,7,9-10,15-16,27-29H,2,6,8,11-14,17H2,1H3,(H,38,42)(H,36,37,41)/t27-,28+,29-/m0/s1. The number of rotatable bonds is 7. The third-order valence-electron chi connectivity index (χ3n) is 8.94. The van der Waals surface area contributed by atoms with Crippen molar-refractivity contribution in [3.63, 3.8) is 0 Å². The number of halogens is 3. The number of nitrogens with zero attached hydrogens (tertiary/aromatic N) is 3. The van der Waals surface area contributed by atoms with Crippen molar-refractivity contribution in [1.29, 1.82) is 0 Å². The fraction of sp³-hybridized carbons (Fsp3) is 0.406. The molecular formula is C32H32F3N5O4. The fourth-order valence-corrected chi connectivity index (χ4v) is 6.41. The molecule has 2 aromatic carbocycles. The lowest BCUT2D eigenvalue weighted by molar-refractivity contribution is -0.138. The molecule has 3 atom stereocenters. The lowest BCUT2D eigenvalue weighted by Gasteiger charge is -2.34. The van der Waals surface area contributed by atoms with Crippen molar-refractivity contribution in [3.05, 3.63) is 76.5 Å². The highest BCUT2D eigenvalue weighted by Crippen LogP contribution is 2.54. The molecule has 0 unspecified atom stereocenters. The SMILES string of the molecule is CCN1CCN(Cc2ccc(C(=O)N[C@H]3[C@H]4Oc5ccc(Oc6ccnc7c6CCC(=O)N7)cc5[C@@H]34)cc2C(F)(F)F)CC1. The minimum absolute atomic E-state index is 0.0336. The molecule has 3 aromatic rings. The van der Waals surface area contributed by atoms with Gasteiger partial charge >= 0.3 is 6.18 Å². The van der Waals surface area contributed by atoms with Crippen molar-refractivity contribution in [1.82, 2.24) is 20.1 Å². The first kappa shape index (κ1) is 28.6. The molecule has 9 nitrogen and oxygen atoms in total. The Hall–Kier alpha value is -4.16. The van der Waals surface area contributed by atoms with E-state index in [0.717, 1.165) is 36.8 Å². The van der Waals surface area contributed by atoms with Crippen molar-refractivity contribution < 1.29 is 32.2 Å². The molecule has 0 radical (unpaired) electrons. The maximum absolute atomic E-state index is 14.1. The first-order valence-corrected chi connectivity index (χ1v) is 14.9. The number of nitrogens with one attached hydrogen (secondary N) is 2. The van der Waals surface area contributed by atoms with Crippen molar-refractivity contribution in [2.24, 2.45) is 0 Å². The Morgan fingerprint density at radius 1 is 1.09 bits per heavy atom. The quantitative estimate of drug-likeness (QED) is 0.406.